The molecule has 2 aromatic heterocycles. The predicted molar refractivity (Wildman–Crippen MR) is 117 cm³/mol. The van der Waals surface area contributed by atoms with Gasteiger partial charge in [0.05, 0.1) is 17.4 Å². The molecule has 4 aromatic rings. The minimum absolute atomic E-state index is 0. The molecule has 29 heavy (non-hydrogen) atoms. The molecule has 0 radical (unpaired) electrons. The number of nitrogen functional groups attached to an aromatic ring is 1. The summed E-state index contributed by atoms with van der Waals surface area (Å²) in [4.78, 5) is 17.2. The van der Waals surface area contributed by atoms with Gasteiger partial charge in [0.15, 0.2) is 5.78 Å². The lowest BCUT2D eigenvalue weighted by Crippen LogP contribution is -2.08. The van der Waals surface area contributed by atoms with Gasteiger partial charge >= 0.3 is 0 Å². The number of hydrogen-bond acceptors (Lipinski definition) is 4. The molecule has 0 saturated carbocycles. The first-order chi connectivity index (χ1) is 13.7. The lowest BCUT2D eigenvalue weighted by molar-refractivity contribution is 0.103. The van der Waals surface area contributed by atoms with Gasteiger partial charge in [-0.15, -0.1) is 0 Å². The lowest BCUT2D eigenvalue weighted by Gasteiger charge is -2.10. The quantitative estimate of drug-likeness (QED) is 0.494. The fraction of sp³-hybridized carbons (Fsp3) is 0.125. The zero-order chi connectivity index (χ0) is 19.5. The van der Waals surface area contributed by atoms with Crippen molar-refractivity contribution in [3.05, 3.63) is 95.9 Å². The van der Waals surface area contributed by atoms with Gasteiger partial charge in [0.1, 0.15) is 5.82 Å². The standard InChI is InChI=1S/C23H20N4O.CH4/c1-2-16-7-3-4-11-21(16)27-23(24)20(15-26-27)22(28)18-9-5-8-17(13-18)19-10-6-12-25-14-19;/h3-15H,2,24H2,1H3;1H4. The van der Waals surface area contributed by atoms with Gasteiger partial charge in [0.25, 0.3) is 0 Å². The van der Waals surface area contributed by atoms with Crippen LogP contribution in [0.15, 0.2) is 79.3 Å². The Morgan fingerprint density at radius 1 is 1.00 bits per heavy atom. The Balaban J connectivity index is 0.00000240. The number of carbonyl (C=O) groups excluding carboxylic acids is 1. The minimum atomic E-state index is -0.150. The van der Waals surface area contributed by atoms with Gasteiger partial charge < -0.3 is 5.73 Å². The third-order valence-corrected chi connectivity index (χ3v) is 4.77. The van der Waals surface area contributed by atoms with E-state index in [2.05, 4.69) is 17.0 Å². The van der Waals surface area contributed by atoms with Gasteiger partial charge in [-0.3, -0.25) is 9.78 Å². The topological polar surface area (TPSA) is 73.8 Å². The number of pyridine rings is 1. The van der Waals surface area contributed by atoms with Crippen LogP contribution in [0, 0.1) is 0 Å². The van der Waals surface area contributed by atoms with E-state index in [0.29, 0.717) is 16.9 Å². The van der Waals surface area contributed by atoms with Crippen molar-refractivity contribution in [1.29, 1.82) is 0 Å². The molecule has 2 aromatic carbocycles. The molecule has 0 amide bonds. The second kappa shape index (κ2) is 8.52. The molecule has 0 atom stereocenters. The number of rotatable bonds is 5. The molecule has 0 spiro atoms. The first kappa shape index (κ1) is 20.0. The third kappa shape index (κ3) is 3.80. The van der Waals surface area contributed by atoms with E-state index in [1.54, 1.807) is 29.3 Å². The van der Waals surface area contributed by atoms with Crippen molar-refractivity contribution in [3.63, 3.8) is 0 Å². The maximum atomic E-state index is 13.1. The maximum absolute atomic E-state index is 13.1. The molecule has 0 aliphatic rings. The molecule has 5 nitrogen and oxygen atoms in total. The summed E-state index contributed by atoms with van der Waals surface area (Å²) in [7, 11) is 0. The number of aromatic nitrogens is 3. The number of nitrogens with two attached hydrogens (primary N) is 1. The second-order valence-corrected chi connectivity index (χ2v) is 6.49. The lowest BCUT2D eigenvalue weighted by atomic mass is 10.00. The molecular weight excluding hydrogens is 360 g/mol. The van der Waals surface area contributed by atoms with Crippen LogP contribution in [0.2, 0.25) is 0 Å². The Labute approximate surface area is 170 Å². The van der Waals surface area contributed by atoms with Gasteiger partial charge in [-0.05, 0) is 35.7 Å². The van der Waals surface area contributed by atoms with Crippen LogP contribution in [-0.2, 0) is 6.42 Å². The summed E-state index contributed by atoms with van der Waals surface area (Å²) in [5, 5.41) is 4.38. The van der Waals surface area contributed by atoms with Gasteiger partial charge in [-0.2, -0.15) is 5.10 Å². The number of benzene rings is 2. The number of aryl methyl sites for hydroxylation is 1. The van der Waals surface area contributed by atoms with Crippen molar-refractivity contribution in [2.45, 2.75) is 20.8 Å². The molecule has 2 N–H and O–H groups in total. The first-order valence-corrected chi connectivity index (χ1v) is 9.16. The van der Waals surface area contributed by atoms with E-state index < -0.39 is 0 Å². The Kier molecular flexibility index (Phi) is 5.88. The highest BCUT2D eigenvalue weighted by molar-refractivity contribution is 6.12. The summed E-state index contributed by atoms with van der Waals surface area (Å²) < 4.78 is 1.64. The molecule has 0 aliphatic carbocycles. The van der Waals surface area contributed by atoms with Gasteiger partial charge in [-0.1, -0.05) is 56.8 Å². The van der Waals surface area contributed by atoms with Gasteiger partial charge in [0.2, 0.25) is 0 Å². The SMILES string of the molecule is C.CCc1ccccc1-n1ncc(C(=O)c2cccc(-c3cccnc3)c2)c1N. The van der Waals surface area contributed by atoms with Crippen LogP contribution in [-0.4, -0.2) is 20.5 Å². The van der Waals surface area contributed by atoms with Crippen LogP contribution in [0.3, 0.4) is 0 Å². The van der Waals surface area contributed by atoms with Crippen LogP contribution in [0.5, 0.6) is 0 Å². The summed E-state index contributed by atoms with van der Waals surface area (Å²) in [5.74, 6) is 0.196. The van der Waals surface area contributed by atoms with E-state index >= 15 is 0 Å². The Morgan fingerprint density at radius 2 is 1.79 bits per heavy atom. The van der Waals surface area contributed by atoms with Crippen LogP contribution in [0.4, 0.5) is 5.82 Å². The number of ketones is 1. The summed E-state index contributed by atoms with van der Waals surface area (Å²) in [5.41, 5.74) is 11.2. The maximum Gasteiger partial charge on any atom is 0.198 e. The highest BCUT2D eigenvalue weighted by Gasteiger charge is 2.19. The highest BCUT2D eigenvalue weighted by atomic mass is 16.1. The first-order valence-electron chi connectivity index (χ1n) is 9.16. The van der Waals surface area contributed by atoms with Crippen LogP contribution in [0.25, 0.3) is 16.8 Å². The average molecular weight is 384 g/mol. The molecule has 0 unspecified atom stereocenters. The predicted octanol–water partition coefficient (Wildman–Crippen LogP) is 4.95. The second-order valence-electron chi connectivity index (χ2n) is 6.49. The van der Waals surface area contributed by atoms with Crippen LogP contribution in [0.1, 0.15) is 35.8 Å². The smallest absolute Gasteiger partial charge is 0.198 e. The molecule has 0 bridgehead atoms. The summed E-state index contributed by atoms with van der Waals surface area (Å²) in [6.07, 6.45) is 5.89. The molecular formula is C24H24N4O. The van der Waals surface area contributed by atoms with Crippen molar-refractivity contribution in [2.24, 2.45) is 0 Å². The van der Waals surface area contributed by atoms with Crippen molar-refractivity contribution in [3.8, 4) is 16.8 Å². The number of para-hydroxylation sites is 1. The zero-order valence-electron chi connectivity index (χ0n) is 15.5. The summed E-state index contributed by atoms with van der Waals surface area (Å²) >= 11 is 0. The van der Waals surface area contributed by atoms with E-state index in [-0.39, 0.29) is 13.2 Å². The minimum Gasteiger partial charge on any atom is -0.383 e. The van der Waals surface area contributed by atoms with Gasteiger partial charge in [-0.25, -0.2) is 4.68 Å². The molecule has 2 heterocycles. The largest absolute Gasteiger partial charge is 0.383 e. The van der Waals surface area contributed by atoms with Crippen molar-refractivity contribution < 1.29 is 4.79 Å². The van der Waals surface area contributed by atoms with E-state index in [1.807, 2.05) is 54.6 Å². The van der Waals surface area contributed by atoms with Gasteiger partial charge in [0, 0.05) is 23.5 Å². The number of hydrogen-bond donors (Lipinski definition) is 1. The van der Waals surface area contributed by atoms with Crippen molar-refractivity contribution in [1.82, 2.24) is 14.8 Å². The molecule has 0 saturated heterocycles. The summed E-state index contributed by atoms with van der Waals surface area (Å²) in [6, 6.07) is 19.2. The normalized spacial score (nSPS) is 10.4. The Morgan fingerprint density at radius 3 is 2.55 bits per heavy atom. The molecule has 0 fully saturated rings. The van der Waals surface area contributed by atoms with E-state index in [9.17, 15) is 4.79 Å². The average Bonchev–Trinajstić information content (AvgIpc) is 3.15. The Hall–Kier alpha value is -3.73. The van der Waals surface area contributed by atoms with E-state index in [1.165, 1.54) is 0 Å². The monoisotopic (exact) mass is 384 g/mol. The number of nitrogens with zero attached hydrogens (tertiary/aromatic N) is 3. The number of anilines is 1. The highest BCUT2D eigenvalue weighted by Crippen LogP contribution is 2.25. The Bertz CT molecular complexity index is 1130. The van der Waals surface area contributed by atoms with E-state index in [0.717, 1.165) is 28.8 Å². The molecule has 0 aliphatic heterocycles. The zero-order valence-corrected chi connectivity index (χ0v) is 15.5. The molecule has 146 valence electrons. The van der Waals surface area contributed by atoms with Crippen LogP contribution >= 0.6 is 0 Å². The fourth-order valence-electron chi connectivity index (χ4n) is 3.27. The molecule has 4 rings (SSSR count). The summed E-state index contributed by atoms with van der Waals surface area (Å²) in [6.45, 7) is 2.08. The number of carbonyl (C=O) groups is 1. The van der Waals surface area contributed by atoms with E-state index in [4.69, 9.17) is 5.73 Å². The van der Waals surface area contributed by atoms with Crippen molar-refractivity contribution in [2.75, 3.05) is 5.73 Å². The molecule has 5 heteroatoms. The fourth-order valence-corrected chi connectivity index (χ4v) is 3.27. The van der Waals surface area contributed by atoms with Crippen molar-refractivity contribution >= 4 is 11.6 Å². The van der Waals surface area contributed by atoms with Crippen LogP contribution < -0.4 is 5.73 Å². The third-order valence-electron chi connectivity index (χ3n) is 4.77.